The summed E-state index contributed by atoms with van der Waals surface area (Å²) in [7, 11) is -3.99. The molecule has 31 heavy (non-hydrogen) atoms. The number of pyridine rings is 1. The number of hydrogen-bond donors (Lipinski definition) is 1. The Morgan fingerprint density at radius 2 is 1.68 bits per heavy atom. The zero-order valence-corrected chi connectivity index (χ0v) is 17.4. The van der Waals surface area contributed by atoms with Gasteiger partial charge in [-0.2, -0.15) is 0 Å². The smallest absolute Gasteiger partial charge is 0.264 e. The number of fused-ring (bicyclic) bond motifs is 1. The van der Waals surface area contributed by atoms with E-state index in [1.54, 1.807) is 60.9 Å². The number of anilines is 1. The highest BCUT2D eigenvalue weighted by Gasteiger charge is 2.28. The molecule has 1 N–H and O–H groups in total. The molecule has 8 nitrogen and oxygen atoms in total. The summed E-state index contributed by atoms with van der Waals surface area (Å²) >= 11 is 0. The van der Waals surface area contributed by atoms with Crippen LogP contribution in [-0.4, -0.2) is 39.1 Å². The third kappa shape index (κ3) is 4.77. The van der Waals surface area contributed by atoms with E-state index in [9.17, 15) is 13.2 Å². The first-order valence-corrected chi connectivity index (χ1v) is 11.1. The standard InChI is InChI=1S/C22H21N3O5S/c26-22(24-15-17-8-10-23-11-9-17)16-25(31(27,28)19-4-2-1-3-5-19)18-6-7-20-21(14-18)30-13-12-29-20/h1-11,14H,12-13,15-16H2,(H,24,26). The van der Waals surface area contributed by atoms with Gasteiger partial charge in [0, 0.05) is 25.0 Å². The van der Waals surface area contributed by atoms with E-state index in [4.69, 9.17) is 9.47 Å². The van der Waals surface area contributed by atoms with Gasteiger partial charge in [-0.1, -0.05) is 18.2 Å². The van der Waals surface area contributed by atoms with Crippen molar-refractivity contribution in [2.45, 2.75) is 11.4 Å². The zero-order chi connectivity index (χ0) is 21.7. The number of hydrogen-bond acceptors (Lipinski definition) is 6. The molecule has 0 saturated carbocycles. The van der Waals surface area contributed by atoms with E-state index in [2.05, 4.69) is 10.3 Å². The van der Waals surface area contributed by atoms with E-state index in [0.29, 0.717) is 30.4 Å². The molecular weight excluding hydrogens is 418 g/mol. The second kappa shape index (κ2) is 9.05. The van der Waals surface area contributed by atoms with Gasteiger partial charge in [0.05, 0.1) is 10.6 Å². The van der Waals surface area contributed by atoms with Gasteiger partial charge in [-0.3, -0.25) is 14.1 Å². The summed E-state index contributed by atoms with van der Waals surface area (Å²) in [5, 5.41) is 2.76. The fourth-order valence-corrected chi connectivity index (χ4v) is 4.54. The zero-order valence-electron chi connectivity index (χ0n) is 16.6. The molecule has 0 saturated heterocycles. The number of aromatic nitrogens is 1. The molecule has 0 atom stereocenters. The average Bonchev–Trinajstić information content (AvgIpc) is 2.82. The number of amides is 1. The van der Waals surface area contributed by atoms with Crippen molar-refractivity contribution in [1.29, 1.82) is 0 Å². The highest BCUT2D eigenvalue weighted by Crippen LogP contribution is 2.35. The number of nitrogens with zero attached hydrogens (tertiary/aromatic N) is 2. The fourth-order valence-electron chi connectivity index (χ4n) is 3.11. The van der Waals surface area contributed by atoms with Gasteiger partial charge in [-0.05, 0) is 42.0 Å². The number of rotatable bonds is 7. The molecule has 9 heteroatoms. The van der Waals surface area contributed by atoms with Gasteiger partial charge in [0.25, 0.3) is 10.0 Å². The number of carbonyl (C=O) groups is 1. The third-order valence-electron chi connectivity index (χ3n) is 4.67. The van der Waals surface area contributed by atoms with Crippen LogP contribution >= 0.6 is 0 Å². The Hall–Kier alpha value is -3.59. The van der Waals surface area contributed by atoms with Gasteiger partial charge in [-0.25, -0.2) is 8.42 Å². The molecule has 2 aromatic carbocycles. The molecule has 0 fully saturated rings. The molecule has 0 aliphatic carbocycles. The summed E-state index contributed by atoms with van der Waals surface area (Å²) in [6, 6.07) is 16.4. The Kier molecular flexibility index (Phi) is 6.03. The first-order chi connectivity index (χ1) is 15.0. The largest absolute Gasteiger partial charge is 0.486 e. The Balaban J connectivity index is 1.62. The van der Waals surface area contributed by atoms with E-state index >= 15 is 0 Å². The lowest BCUT2D eigenvalue weighted by molar-refractivity contribution is -0.119. The fraction of sp³-hybridized carbons (Fsp3) is 0.182. The van der Waals surface area contributed by atoms with Gasteiger partial charge in [0.15, 0.2) is 11.5 Å². The van der Waals surface area contributed by atoms with Crippen LogP contribution in [0.3, 0.4) is 0 Å². The first-order valence-electron chi connectivity index (χ1n) is 9.67. The average molecular weight is 439 g/mol. The summed E-state index contributed by atoms with van der Waals surface area (Å²) in [6.45, 7) is 0.674. The van der Waals surface area contributed by atoms with Crippen molar-refractivity contribution >= 4 is 21.6 Å². The normalized spacial score (nSPS) is 12.8. The van der Waals surface area contributed by atoms with E-state index in [-0.39, 0.29) is 18.0 Å². The van der Waals surface area contributed by atoms with Crippen molar-refractivity contribution in [3.63, 3.8) is 0 Å². The predicted molar refractivity (Wildman–Crippen MR) is 114 cm³/mol. The van der Waals surface area contributed by atoms with Gasteiger partial charge < -0.3 is 14.8 Å². The summed E-state index contributed by atoms with van der Waals surface area (Å²) in [5.74, 6) is 0.537. The van der Waals surface area contributed by atoms with Crippen molar-refractivity contribution in [3.8, 4) is 11.5 Å². The first kappa shape index (κ1) is 20.7. The van der Waals surface area contributed by atoms with Crippen LogP contribution < -0.4 is 19.1 Å². The maximum atomic E-state index is 13.4. The summed E-state index contributed by atoms with van der Waals surface area (Å²) in [5.41, 5.74) is 1.17. The Bertz CT molecular complexity index is 1150. The molecule has 160 valence electrons. The topological polar surface area (TPSA) is 97.8 Å². The summed E-state index contributed by atoms with van der Waals surface area (Å²) in [6.07, 6.45) is 3.26. The highest BCUT2D eigenvalue weighted by molar-refractivity contribution is 7.92. The van der Waals surface area contributed by atoms with Crippen LogP contribution in [0.1, 0.15) is 5.56 Å². The van der Waals surface area contributed by atoms with Crippen LogP contribution in [0.2, 0.25) is 0 Å². The predicted octanol–water partition coefficient (Wildman–Crippen LogP) is 2.36. The number of ether oxygens (including phenoxy) is 2. The van der Waals surface area contributed by atoms with Crippen LogP contribution in [0.25, 0.3) is 0 Å². The van der Waals surface area contributed by atoms with Crippen LogP contribution in [0.5, 0.6) is 11.5 Å². The van der Waals surface area contributed by atoms with Crippen molar-refractivity contribution in [2.24, 2.45) is 0 Å². The van der Waals surface area contributed by atoms with Crippen molar-refractivity contribution in [2.75, 3.05) is 24.1 Å². The number of nitrogens with one attached hydrogen (secondary N) is 1. The lowest BCUT2D eigenvalue weighted by atomic mass is 10.2. The molecule has 1 aromatic heterocycles. The SMILES string of the molecule is O=C(CN(c1ccc2c(c1)OCCO2)S(=O)(=O)c1ccccc1)NCc1ccncc1. The van der Waals surface area contributed by atoms with Crippen LogP contribution in [0.4, 0.5) is 5.69 Å². The maximum Gasteiger partial charge on any atom is 0.264 e. The van der Waals surface area contributed by atoms with Crippen molar-refractivity contribution in [3.05, 3.63) is 78.6 Å². The monoisotopic (exact) mass is 439 g/mol. The van der Waals surface area contributed by atoms with Crippen LogP contribution in [0, 0.1) is 0 Å². The lowest BCUT2D eigenvalue weighted by Crippen LogP contribution is -2.40. The van der Waals surface area contributed by atoms with E-state index in [1.165, 1.54) is 12.1 Å². The molecular formula is C22H21N3O5S. The van der Waals surface area contributed by atoms with Gasteiger partial charge in [-0.15, -0.1) is 0 Å². The molecule has 1 aliphatic heterocycles. The Labute approximate surface area is 180 Å². The number of carbonyl (C=O) groups excluding carboxylic acids is 1. The molecule has 2 heterocycles. The second-order valence-electron chi connectivity index (χ2n) is 6.78. The third-order valence-corrected chi connectivity index (χ3v) is 6.46. The molecule has 3 aromatic rings. The van der Waals surface area contributed by atoms with Crippen molar-refractivity contribution in [1.82, 2.24) is 10.3 Å². The molecule has 0 unspecified atom stereocenters. The summed E-state index contributed by atoms with van der Waals surface area (Å²) in [4.78, 5) is 16.7. The van der Waals surface area contributed by atoms with Crippen molar-refractivity contribution < 1.29 is 22.7 Å². The quantitative estimate of drug-likeness (QED) is 0.607. The van der Waals surface area contributed by atoms with E-state index in [0.717, 1.165) is 9.87 Å². The second-order valence-corrected chi connectivity index (χ2v) is 8.65. The minimum Gasteiger partial charge on any atom is -0.486 e. The van der Waals surface area contributed by atoms with Gasteiger partial charge in [0.2, 0.25) is 5.91 Å². The van der Waals surface area contributed by atoms with E-state index in [1.807, 2.05) is 0 Å². The molecule has 1 aliphatic rings. The van der Waals surface area contributed by atoms with Crippen LogP contribution in [0.15, 0.2) is 78.0 Å². The molecule has 0 bridgehead atoms. The maximum absolute atomic E-state index is 13.4. The molecule has 0 spiro atoms. The summed E-state index contributed by atoms with van der Waals surface area (Å²) < 4.78 is 38.9. The minimum atomic E-state index is -3.99. The number of benzene rings is 2. The Morgan fingerprint density at radius 3 is 2.42 bits per heavy atom. The minimum absolute atomic E-state index is 0.0897. The Morgan fingerprint density at radius 1 is 0.968 bits per heavy atom. The highest BCUT2D eigenvalue weighted by atomic mass is 32.2. The van der Waals surface area contributed by atoms with Gasteiger partial charge in [0.1, 0.15) is 19.8 Å². The van der Waals surface area contributed by atoms with Gasteiger partial charge >= 0.3 is 0 Å². The lowest BCUT2D eigenvalue weighted by Gasteiger charge is -2.26. The molecule has 1 amide bonds. The van der Waals surface area contributed by atoms with Crippen LogP contribution in [-0.2, 0) is 21.4 Å². The van der Waals surface area contributed by atoms with E-state index < -0.39 is 15.9 Å². The molecule has 0 radical (unpaired) electrons. The number of sulfonamides is 1. The molecule has 4 rings (SSSR count).